The maximum atomic E-state index is 12.2. The van der Waals surface area contributed by atoms with E-state index in [1.54, 1.807) is 34.7 Å². The van der Waals surface area contributed by atoms with Crippen molar-refractivity contribution >= 4 is 5.97 Å². The van der Waals surface area contributed by atoms with Gasteiger partial charge in [0.1, 0.15) is 0 Å². The number of hydrogen-bond donors (Lipinski definition) is 0. The molecule has 0 aliphatic heterocycles. The highest BCUT2D eigenvalue weighted by Gasteiger charge is 2.17. The maximum Gasteiger partial charge on any atom is 0.338 e. The van der Waals surface area contributed by atoms with E-state index >= 15 is 0 Å². The first-order chi connectivity index (χ1) is 10.7. The molecule has 3 rings (SSSR count). The third-order valence-corrected chi connectivity index (χ3v) is 3.38. The number of aromatic nitrogens is 4. The average molecular weight is 296 g/mol. The molecule has 0 aliphatic carbocycles. The topological polar surface area (TPSA) is 61.9 Å². The predicted molar refractivity (Wildman–Crippen MR) is 81.4 cm³/mol. The van der Waals surface area contributed by atoms with Gasteiger partial charge in [-0.15, -0.1) is 0 Å². The molecule has 112 valence electrons. The van der Waals surface area contributed by atoms with Crippen molar-refractivity contribution in [3.63, 3.8) is 0 Å². The quantitative estimate of drug-likeness (QED) is 0.694. The summed E-state index contributed by atoms with van der Waals surface area (Å²) in [4.78, 5) is 12.2. The zero-order valence-corrected chi connectivity index (χ0v) is 12.4. The van der Waals surface area contributed by atoms with E-state index in [0.29, 0.717) is 12.2 Å². The number of nitrogens with zero attached hydrogens (tertiary/aromatic N) is 4. The Balaban J connectivity index is 2.19. The zero-order valence-electron chi connectivity index (χ0n) is 12.4. The summed E-state index contributed by atoms with van der Waals surface area (Å²) >= 11 is 0. The summed E-state index contributed by atoms with van der Waals surface area (Å²) in [7, 11) is 0. The van der Waals surface area contributed by atoms with Crippen LogP contribution in [0.3, 0.4) is 0 Å². The molecule has 0 atom stereocenters. The van der Waals surface area contributed by atoms with Gasteiger partial charge in [0.25, 0.3) is 0 Å². The second-order valence-corrected chi connectivity index (χ2v) is 4.76. The SMILES string of the molecule is CCOC(=O)c1cc(-n2cccn2)cc(-n2cccn2)c1C. The van der Waals surface area contributed by atoms with E-state index in [1.807, 2.05) is 37.5 Å². The van der Waals surface area contributed by atoms with Crippen molar-refractivity contribution in [2.45, 2.75) is 13.8 Å². The molecule has 6 heteroatoms. The van der Waals surface area contributed by atoms with Gasteiger partial charge in [-0.05, 0) is 43.7 Å². The summed E-state index contributed by atoms with van der Waals surface area (Å²) < 4.78 is 8.59. The van der Waals surface area contributed by atoms with E-state index in [2.05, 4.69) is 10.2 Å². The number of hydrogen-bond acceptors (Lipinski definition) is 4. The van der Waals surface area contributed by atoms with Gasteiger partial charge in [0.05, 0.1) is 23.5 Å². The highest BCUT2D eigenvalue weighted by molar-refractivity contribution is 5.93. The minimum atomic E-state index is -0.345. The Morgan fingerprint density at radius 3 is 2.41 bits per heavy atom. The summed E-state index contributed by atoms with van der Waals surface area (Å²) in [5.74, 6) is -0.345. The average Bonchev–Trinajstić information content (AvgIpc) is 3.21. The number of ether oxygens (including phenoxy) is 1. The summed E-state index contributed by atoms with van der Waals surface area (Å²) in [6.07, 6.45) is 7.05. The van der Waals surface area contributed by atoms with Gasteiger partial charge in [-0.3, -0.25) is 0 Å². The van der Waals surface area contributed by atoms with Crippen LogP contribution in [0, 0.1) is 6.92 Å². The lowest BCUT2D eigenvalue weighted by molar-refractivity contribution is 0.0525. The van der Waals surface area contributed by atoms with Crippen molar-refractivity contribution in [3.8, 4) is 11.4 Å². The molecule has 1 aromatic carbocycles. The van der Waals surface area contributed by atoms with Crippen molar-refractivity contribution in [3.05, 3.63) is 60.2 Å². The molecule has 2 aromatic heterocycles. The highest BCUT2D eigenvalue weighted by Crippen LogP contribution is 2.23. The number of benzene rings is 1. The first-order valence-electron chi connectivity index (χ1n) is 7.02. The van der Waals surface area contributed by atoms with Crippen molar-refractivity contribution in [2.24, 2.45) is 0 Å². The van der Waals surface area contributed by atoms with E-state index in [9.17, 15) is 4.79 Å². The van der Waals surface area contributed by atoms with Crippen LogP contribution in [0.2, 0.25) is 0 Å². The number of carbonyl (C=O) groups excluding carboxylic acids is 1. The Hall–Kier alpha value is -2.89. The van der Waals surface area contributed by atoms with Gasteiger partial charge in [0.2, 0.25) is 0 Å². The number of rotatable bonds is 4. The Morgan fingerprint density at radius 2 is 1.82 bits per heavy atom. The van der Waals surface area contributed by atoms with E-state index in [0.717, 1.165) is 16.9 Å². The first-order valence-corrected chi connectivity index (χ1v) is 7.02. The maximum absolute atomic E-state index is 12.2. The molecule has 0 aliphatic rings. The minimum absolute atomic E-state index is 0.335. The van der Waals surface area contributed by atoms with Crippen LogP contribution in [-0.4, -0.2) is 32.1 Å². The lowest BCUT2D eigenvalue weighted by atomic mass is 10.1. The molecule has 2 heterocycles. The second-order valence-electron chi connectivity index (χ2n) is 4.76. The number of carbonyl (C=O) groups is 1. The van der Waals surface area contributed by atoms with E-state index in [-0.39, 0.29) is 5.97 Å². The van der Waals surface area contributed by atoms with Crippen LogP contribution in [0.15, 0.2) is 49.1 Å². The third kappa shape index (κ3) is 2.50. The van der Waals surface area contributed by atoms with Gasteiger partial charge in [-0.2, -0.15) is 10.2 Å². The zero-order chi connectivity index (χ0) is 15.5. The molecule has 0 radical (unpaired) electrons. The lowest BCUT2D eigenvalue weighted by Crippen LogP contribution is -2.11. The summed E-state index contributed by atoms with van der Waals surface area (Å²) in [6, 6.07) is 7.40. The highest BCUT2D eigenvalue weighted by atomic mass is 16.5. The smallest absolute Gasteiger partial charge is 0.338 e. The molecule has 0 amide bonds. The molecule has 0 saturated carbocycles. The van der Waals surface area contributed by atoms with Gasteiger partial charge in [0.15, 0.2) is 0 Å². The monoisotopic (exact) mass is 296 g/mol. The molecule has 22 heavy (non-hydrogen) atoms. The van der Waals surface area contributed by atoms with Crippen LogP contribution in [0.5, 0.6) is 0 Å². The largest absolute Gasteiger partial charge is 0.462 e. The third-order valence-electron chi connectivity index (χ3n) is 3.38. The first kappa shape index (κ1) is 14.1. The summed E-state index contributed by atoms with van der Waals surface area (Å²) in [5, 5.41) is 8.47. The van der Waals surface area contributed by atoms with Crippen LogP contribution in [0.1, 0.15) is 22.8 Å². The predicted octanol–water partition coefficient (Wildman–Crippen LogP) is 2.54. The van der Waals surface area contributed by atoms with Gasteiger partial charge in [-0.1, -0.05) is 0 Å². The van der Waals surface area contributed by atoms with Gasteiger partial charge >= 0.3 is 5.97 Å². The molecule has 3 aromatic rings. The van der Waals surface area contributed by atoms with E-state index < -0.39 is 0 Å². The van der Waals surface area contributed by atoms with Crippen LogP contribution in [-0.2, 0) is 4.74 Å². The molecular weight excluding hydrogens is 280 g/mol. The standard InChI is InChI=1S/C16H16N4O2/c1-3-22-16(21)14-10-13(19-8-4-6-17-19)11-15(12(14)2)20-9-5-7-18-20/h4-11H,3H2,1-2H3. The summed E-state index contributed by atoms with van der Waals surface area (Å²) in [6.45, 7) is 4.01. The fraction of sp³-hybridized carbons (Fsp3) is 0.188. The fourth-order valence-corrected chi connectivity index (χ4v) is 2.31. The molecule has 0 N–H and O–H groups in total. The summed E-state index contributed by atoms with van der Waals surface area (Å²) in [5.41, 5.74) is 2.93. The molecule has 0 unspecified atom stereocenters. The van der Waals surface area contributed by atoms with Crippen molar-refractivity contribution in [1.82, 2.24) is 19.6 Å². The van der Waals surface area contributed by atoms with Crippen LogP contribution < -0.4 is 0 Å². The van der Waals surface area contributed by atoms with Gasteiger partial charge < -0.3 is 4.74 Å². The van der Waals surface area contributed by atoms with Crippen LogP contribution in [0.25, 0.3) is 11.4 Å². The molecular formula is C16H16N4O2. The Kier molecular flexibility index (Phi) is 3.74. The molecule has 0 spiro atoms. The molecule has 6 nitrogen and oxygen atoms in total. The van der Waals surface area contributed by atoms with Gasteiger partial charge in [0, 0.05) is 24.8 Å². The Bertz CT molecular complexity index is 777. The Labute approximate surface area is 127 Å². The van der Waals surface area contributed by atoms with E-state index in [1.165, 1.54) is 0 Å². The molecule has 0 fully saturated rings. The van der Waals surface area contributed by atoms with Crippen molar-refractivity contribution < 1.29 is 9.53 Å². The number of esters is 1. The molecule has 0 bridgehead atoms. The van der Waals surface area contributed by atoms with Gasteiger partial charge in [-0.25, -0.2) is 14.2 Å². The fourth-order valence-electron chi connectivity index (χ4n) is 2.31. The van der Waals surface area contributed by atoms with Crippen molar-refractivity contribution in [1.29, 1.82) is 0 Å². The second kappa shape index (κ2) is 5.85. The normalized spacial score (nSPS) is 10.6. The minimum Gasteiger partial charge on any atom is -0.462 e. The van der Waals surface area contributed by atoms with Crippen molar-refractivity contribution in [2.75, 3.05) is 6.61 Å². The van der Waals surface area contributed by atoms with Crippen LogP contribution in [0.4, 0.5) is 0 Å². The lowest BCUT2D eigenvalue weighted by Gasteiger charge is -2.14. The Morgan fingerprint density at radius 1 is 1.14 bits per heavy atom. The van der Waals surface area contributed by atoms with Crippen LogP contribution >= 0.6 is 0 Å². The molecule has 0 saturated heterocycles. The van der Waals surface area contributed by atoms with E-state index in [4.69, 9.17) is 4.74 Å².